The summed E-state index contributed by atoms with van der Waals surface area (Å²) in [6.45, 7) is 0. The lowest BCUT2D eigenvalue weighted by atomic mass is 10.1. The van der Waals surface area contributed by atoms with Crippen molar-refractivity contribution in [1.29, 1.82) is 0 Å². The Balaban J connectivity index is 1.60. The van der Waals surface area contributed by atoms with E-state index in [1.54, 1.807) is 54.7 Å². The van der Waals surface area contributed by atoms with Crippen molar-refractivity contribution in [3.05, 3.63) is 81.8 Å². The molecular weight excluding hydrogens is 411 g/mol. The van der Waals surface area contributed by atoms with Crippen LogP contribution >= 0.6 is 23.2 Å². The van der Waals surface area contributed by atoms with Gasteiger partial charge >= 0.3 is 5.97 Å². The number of aliphatic imine (C=N–C) groups is 1. The van der Waals surface area contributed by atoms with Gasteiger partial charge in [0, 0.05) is 11.2 Å². The third-order valence-corrected chi connectivity index (χ3v) is 4.79. The molecule has 4 rings (SSSR count). The van der Waals surface area contributed by atoms with Crippen molar-refractivity contribution in [3.63, 3.8) is 0 Å². The summed E-state index contributed by atoms with van der Waals surface area (Å²) in [4.78, 5) is 20.5. The Hall–Kier alpha value is -3.15. The first-order chi connectivity index (χ1) is 14.0. The van der Waals surface area contributed by atoms with E-state index in [0.29, 0.717) is 43.9 Å². The molecule has 29 heavy (non-hydrogen) atoms. The Labute approximate surface area is 176 Å². The van der Waals surface area contributed by atoms with Crippen molar-refractivity contribution in [2.75, 3.05) is 7.11 Å². The van der Waals surface area contributed by atoms with E-state index in [0.717, 1.165) is 5.56 Å². The van der Waals surface area contributed by atoms with Crippen LogP contribution in [-0.2, 0) is 4.74 Å². The highest BCUT2D eigenvalue weighted by molar-refractivity contribution is 6.35. The van der Waals surface area contributed by atoms with E-state index in [9.17, 15) is 4.79 Å². The van der Waals surface area contributed by atoms with Crippen LogP contribution in [0, 0.1) is 0 Å². The van der Waals surface area contributed by atoms with E-state index < -0.39 is 0 Å². The molecule has 0 atom stereocenters. The number of fused-ring (bicyclic) bond motifs is 1. The molecule has 0 saturated carbocycles. The van der Waals surface area contributed by atoms with Crippen molar-refractivity contribution in [3.8, 4) is 11.5 Å². The van der Waals surface area contributed by atoms with Gasteiger partial charge in [0.15, 0.2) is 5.58 Å². The molecule has 5 nitrogen and oxygen atoms in total. The van der Waals surface area contributed by atoms with Crippen molar-refractivity contribution in [2.24, 2.45) is 4.99 Å². The molecule has 0 aliphatic carbocycles. The fourth-order valence-electron chi connectivity index (χ4n) is 2.74. The molecule has 0 aliphatic rings. The van der Waals surface area contributed by atoms with Gasteiger partial charge < -0.3 is 9.15 Å². The quantitative estimate of drug-likeness (QED) is 0.283. The van der Waals surface area contributed by atoms with Gasteiger partial charge in [-0.3, -0.25) is 4.99 Å². The number of oxazole rings is 1. The molecular formula is C22H14Cl2N2O3. The minimum Gasteiger partial charge on any atom is -0.465 e. The number of halogens is 2. The molecule has 0 unspecified atom stereocenters. The Bertz CT molecular complexity index is 1230. The molecule has 4 aromatic rings. The molecule has 0 bridgehead atoms. The topological polar surface area (TPSA) is 64.7 Å². The molecule has 144 valence electrons. The summed E-state index contributed by atoms with van der Waals surface area (Å²) in [6.07, 6.45) is 1.71. The van der Waals surface area contributed by atoms with Gasteiger partial charge in [-0.2, -0.15) is 0 Å². The highest BCUT2D eigenvalue weighted by atomic mass is 35.5. The van der Waals surface area contributed by atoms with Crippen LogP contribution in [0.2, 0.25) is 10.0 Å². The normalized spacial score (nSPS) is 11.3. The molecule has 7 heteroatoms. The predicted octanol–water partition coefficient (Wildman–Crippen LogP) is 6.34. The number of hydrogen-bond acceptors (Lipinski definition) is 5. The monoisotopic (exact) mass is 424 g/mol. The lowest BCUT2D eigenvalue weighted by Gasteiger charge is -1.99. The standard InChI is InChI=1S/C22H14Cl2N2O3/c1-28-22(27)14-4-2-13(3-5-14)12-25-16-7-9-20-19(11-16)26-21(29-20)17-10-15(23)6-8-18(17)24/h2-12H,1H3. The van der Waals surface area contributed by atoms with Gasteiger partial charge in [-0.15, -0.1) is 0 Å². The number of esters is 1. The van der Waals surface area contributed by atoms with Crippen LogP contribution in [-0.4, -0.2) is 24.3 Å². The number of rotatable bonds is 4. The van der Waals surface area contributed by atoms with Crippen LogP contribution in [0.4, 0.5) is 5.69 Å². The molecule has 1 aromatic heterocycles. The zero-order chi connectivity index (χ0) is 20.4. The maximum absolute atomic E-state index is 11.5. The second-order valence-corrected chi connectivity index (χ2v) is 7.01. The molecule has 1 heterocycles. The fourth-order valence-corrected chi connectivity index (χ4v) is 3.12. The molecule has 0 saturated heterocycles. The first kappa shape index (κ1) is 19.2. The Morgan fingerprint density at radius 3 is 2.62 bits per heavy atom. The van der Waals surface area contributed by atoms with E-state index in [-0.39, 0.29) is 5.97 Å². The van der Waals surface area contributed by atoms with Gasteiger partial charge in [0.25, 0.3) is 0 Å². The van der Waals surface area contributed by atoms with Crippen LogP contribution < -0.4 is 0 Å². The largest absolute Gasteiger partial charge is 0.465 e. The molecule has 0 radical (unpaired) electrons. The van der Waals surface area contributed by atoms with Crippen molar-refractivity contribution in [2.45, 2.75) is 0 Å². The number of carbonyl (C=O) groups is 1. The zero-order valence-corrected chi connectivity index (χ0v) is 16.7. The molecule has 0 amide bonds. The van der Waals surface area contributed by atoms with E-state index in [1.807, 2.05) is 12.1 Å². The summed E-state index contributed by atoms with van der Waals surface area (Å²) in [7, 11) is 1.35. The van der Waals surface area contributed by atoms with Crippen LogP contribution in [0.25, 0.3) is 22.6 Å². The third kappa shape index (κ3) is 4.16. The van der Waals surface area contributed by atoms with E-state index in [2.05, 4.69) is 9.98 Å². The summed E-state index contributed by atoms with van der Waals surface area (Å²) < 4.78 is 10.5. The van der Waals surface area contributed by atoms with Gasteiger partial charge in [0.1, 0.15) is 5.52 Å². The van der Waals surface area contributed by atoms with Gasteiger partial charge in [-0.05, 0) is 54.1 Å². The average Bonchev–Trinajstić information content (AvgIpc) is 3.17. The minimum absolute atomic E-state index is 0.374. The SMILES string of the molecule is COC(=O)c1ccc(C=Nc2ccc3oc(-c4cc(Cl)ccc4Cl)nc3c2)cc1. The number of nitrogens with zero attached hydrogens (tertiary/aromatic N) is 2. The number of benzene rings is 3. The van der Waals surface area contributed by atoms with Crippen molar-refractivity contribution in [1.82, 2.24) is 4.98 Å². The highest BCUT2D eigenvalue weighted by Crippen LogP contribution is 2.33. The Morgan fingerprint density at radius 1 is 1.07 bits per heavy atom. The van der Waals surface area contributed by atoms with Crippen LogP contribution in [0.1, 0.15) is 15.9 Å². The second kappa shape index (κ2) is 8.07. The lowest BCUT2D eigenvalue weighted by Crippen LogP contribution is -2.00. The summed E-state index contributed by atoms with van der Waals surface area (Å²) >= 11 is 12.3. The molecule has 0 N–H and O–H groups in total. The number of carbonyl (C=O) groups excluding carboxylic acids is 1. The molecule has 3 aromatic carbocycles. The smallest absolute Gasteiger partial charge is 0.337 e. The van der Waals surface area contributed by atoms with Crippen molar-refractivity contribution >= 4 is 52.2 Å². The first-order valence-corrected chi connectivity index (χ1v) is 9.37. The molecule has 0 spiro atoms. The summed E-state index contributed by atoms with van der Waals surface area (Å²) in [6, 6.07) is 17.5. The predicted molar refractivity (Wildman–Crippen MR) is 115 cm³/mol. The molecule has 0 fully saturated rings. The average molecular weight is 425 g/mol. The maximum Gasteiger partial charge on any atom is 0.337 e. The maximum atomic E-state index is 11.5. The Kier molecular flexibility index (Phi) is 5.34. The fraction of sp³-hybridized carbons (Fsp3) is 0.0455. The van der Waals surface area contributed by atoms with E-state index >= 15 is 0 Å². The molecule has 0 aliphatic heterocycles. The highest BCUT2D eigenvalue weighted by Gasteiger charge is 2.12. The lowest BCUT2D eigenvalue weighted by molar-refractivity contribution is 0.0600. The Morgan fingerprint density at radius 2 is 1.86 bits per heavy atom. The summed E-state index contributed by atoms with van der Waals surface area (Å²) in [5, 5.41) is 1.06. The van der Waals surface area contributed by atoms with E-state index in [1.165, 1.54) is 7.11 Å². The summed E-state index contributed by atoms with van der Waals surface area (Å²) in [5.41, 5.74) is 3.96. The minimum atomic E-state index is -0.374. The van der Waals surface area contributed by atoms with Gasteiger partial charge in [0.05, 0.1) is 28.9 Å². The van der Waals surface area contributed by atoms with Crippen LogP contribution in [0.15, 0.2) is 70.1 Å². The first-order valence-electron chi connectivity index (χ1n) is 8.62. The van der Waals surface area contributed by atoms with Gasteiger partial charge in [0.2, 0.25) is 5.89 Å². The summed E-state index contributed by atoms with van der Waals surface area (Å²) in [5.74, 6) is 0.0209. The van der Waals surface area contributed by atoms with Gasteiger partial charge in [-0.25, -0.2) is 9.78 Å². The van der Waals surface area contributed by atoms with Crippen LogP contribution in [0.3, 0.4) is 0 Å². The number of ether oxygens (including phenoxy) is 1. The van der Waals surface area contributed by atoms with Gasteiger partial charge in [-0.1, -0.05) is 35.3 Å². The number of methoxy groups -OCH3 is 1. The second-order valence-electron chi connectivity index (χ2n) is 6.17. The number of hydrogen-bond donors (Lipinski definition) is 0. The van der Waals surface area contributed by atoms with E-state index in [4.69, 9.17) is 32.4 Å². The zero-order valence-electron chi connectivity index (χ0n) is 15.2. The third-order valence-electron chi connectivity index (χ3n) is 4.22. The number of aromatic nitrogens is 1. The van der Waals surface area contributed by atoms with Crippen molar-refractivity contribution < 1.29 is 13.9 Å². The van der Waals surface area contributed by atoms with Crippen LogP contribution in [0.5, 0.6) is 0 Å².